The summed E-state index contributed by atoms with van der Waals surface area (Å²) in [4.78, 5) is 19.2. The minimum absolute atomic E-state index is 0.0269. The lowest BCUT2D eigenvalue weighted by Crippen LogP contribution is -2.50. The summed E-state index contributed by atoms with van der Waals surface area (Å²) in [7, 11) is 0. The number of aliphatic hydroxyl groups excluding tert-OH is 1. The van der Waals surface area contributed by atoms with E-state index in [1.54, 1.807) is 6.20 Å². The molecule has 1 aliphatic carbocycles. The molecule has 126 valence electrons. The molecule has 0 unspecified atom stereocenters. The zero-order valence-electron chi connectivity index (χ0n) is 14.1. The van der Waals surface area contributed by atoms with Crippen molar-refractivity contribution in [2.24, 2.45) is 11.8 Å². The molecule has 1 aromatic rings. The fraction of sp³-hybridized carbons (Fsp3) is 0.667. The first-order valence-corrected chi connectivity index (χ1v) is 8.66. The number of hydrogen-bond donors (Lipinski definition) is 2. The van der Waals surface area contributed by atoms with Gasteiger partial charge in [-0.25, -0.2) is 4.98 Å². The molecule has 1 aliphatic heterocycles. The van der Waals surface area contributed by atoms with Crippen LogP contribution in [-0.2, 0) is 0 Å². The molecule has 1 amide bonds. The molecule has 5 nitrogen and oxygen atoms in total. The van der Waals surface area contributed by atoms with Crippen LogP contribution in [0.2, 0.25) is 0 Å². The molecule has 3 rings (SSSR count). The number of nitrogens with zero attached hydrogens (tertiary/aromatic N) is 2. The Balaban J connectivity index is 1.63. The molecule has 1 aromatic heterocycles. The third kappa shape index (κ3) is 3.66. The van der Waals surface area contributed by atoms with Gasteiger partial charge in [-0.05, 0) is 56.6 Å². The number of pyridine rings is 1. The number of carbonyl (C=O) groups excluding carboxylic acids is 1. The van der Waals surface area contributed by atoms with Gasteiger partial charge < -0.3 is 15.3 Å². The highest BCUT2D eigenvalue weighted by Crippen LogP contribution is 2.39. The van der Waals surface area contributed by atoms with Crippen LogP contribution in [0.1, 0.15) is 49.9 Å². The SMILES string of the molecule is CC1CCN(c2ccc(C(=O)N[C@](C)(CO)C3CC3)cn2)CC1. The molecule has 0 radical (unpaired) electrons. The van der Waals surface area contributed by atoms with Crippen molar-refractivity contribution in [1.29, 1.82) is 0 Å². The number of rotatable bonds is 5. The zero-order valence-corrected chi connectivity index (χ0v) is 14.1. The molecule has 2 heterocycles. The van der Waals surface area contributed by atoms with Gasteiger partial charge in [0.2, 0.25) is 0 Å². The first-order chi connectivity index (χ1) is 11.0. The van der Waals surface area contributed by atoms with Gasteiger partial charge in [0.25, 0.3) is 5.91 Å². The summed E-state index contributed by atoms with van der Waals surface area (Å²) in [6, 6.07) is 3.76. The Labute approximate surface area is 138 Å². The predicted octanol–water partition coefficient (Wildman–Crippen LogP) is 2.21. The minimum atomic E-state index is -0.515. The van der Waals surface area contributed by atoms with Crippen LogP contribution >= 0.6 is 0 Å². The largest absolute Gasteiger partial charge is 0.394 e. The molecule has 1 atom stereocenters. The lowest BCUT2D eigenvalue weighted by molar-refractivity contribution is 0.0824. The number of amides is 1. The summed E-state index contributed by atoms with van der Waals surface area (Å²) in [5.41, 5.74) is 0.0399. The Bertz CT molecular complexity index is 548. The summed E-state index contributed by atoms with van der Waals surface area (Å²) in [5, 5.41) is 12.6. The first-order valence-electron chi connectivity index (χ1n) is 8.66. The predicted molar refractivity (Wildman–Crippen MR) is 90.5 cm³/mol. The molecule has 23 heavy (non-hydrogen) atoms. The second kappa shape index (κ2) is 6.48. The van der Waals surface area contributed by atoms with E-state index >= 15 is 0 Å². The van der Waals surface area contributed by atoms with E-state index in [9.17, 15) is 9.90 Å². The standard InChI is InChI=1S/C18H27N3O2/c1-13-7-9-21(10-8-13)16-6-3-14(11-19-16)17(23)20-18(2,12-22)15-4-5-15/h3,6,11,13,15,22H,4-5,7-10,12H2,1-2H3,(H,20,23)/t18-/m1/s1. The van der Waals surface area contributed by atoms with Gasteiger partial charge in [0, 0.05) is 19.3 Å². The van der Waals surface area contributed by atoms with Crippen LogP contribution in [0.4, 0.5) is 5.82 Å². The van der Waals surface area contributed by atoms with E-state index in [2.05, 4.69) is 22.1 Å². The average Bonchev–Trinajstić information content (AvgIpc) is 3.41. The van der Waals surface area contributed by atoms with Crippen LogP contribution < -0.4 is 10.2 Å². The van der Waals surface area contributed by atoms with E-state index < -0.39 is 5.54 Å². The monoisotopic (exact) mass is 317 g/mol. The number of nitrogens with one attached hydrogen (secondary N) is 1. The zero-order chi connectivity index (χ0) is 16.4. The average molecular weight is 317 g/mol. The van der Waals surface area contributed by atoms with E-state index in [4.69, 9.17) is 0 Å². The fourth-order valence-corrected chi connectivity index (χ4v) is 3.27. The summed E-state index contributed by atoms with van der Waals surface area (Å²) in [5.74, 6) is 1.97. The molecule has 1 saturated carbocycles. The summed E-state index contributed by atoms with van der Waals surface area (Å²) in [6.45, 7) is 6.24. The van der Waals surface area contributed by atoms with Crippen molar-refractivity contribution < 1.29 is 9.90 Å². The number of aromatic nitrogens is 1. The van der Waals surface area contributed by atoms with Crippen molar-refractivity contribution in [1.82, 2.24) is 10.3 Å². The maximum Gasteiger partial charge on any atom is 0.253 e. The third-order valence-electron chi connectivity index (χ3n) is 5.32. The molecule has 0 aromatic carbocycles. The second-order valence-corrected chi connectivity index (χ2v) is 7.38. The quantitative estimate of drug-likeness (QED) is 0.874. The first kappa shape index (κ1) is 16.2. The molecule has 1 saturated heterocycles. The molecular weight excluding hydrogens is 290 g/mol. The van der Waals surface area contributed by atoms with Crippen LogP contribution in [0, 0.1) is 11.8 Å². The molecule has 0 bridgehead atoms. The van der Waals surface area contributed by atoms with E-state index in [0.717, 1.165) is 37.7 Å². The molecule has 5 heteroatoms. The van der Waals surface area contributed by atoms with Gasteiger partial charge in [-0.1, -0.05) is 6.92 Å². The number of piperidine rings is 1. The van der Waals surface area contributed by atoms with Crippen LogP contribution in [0.15, 0.2) is 18.3 Å². The van der Waals surface area contributed by atoms with Crippen molar-refractivity contribution in [3.63, 3.8) is 0 Å². The Hall–Kier alpha value is -1.62. The van der Waals surface area contributed by atoms with Gasteiger partial charge in [0.1, 0.15) is 5.82 Å². The van der Waals surface area contributed by atoms with Crippen molar-refractivity contribution in [2.45, 2.75) is 45.1 Å². The highest BCUT2D eigenvalue weighted by Gasteiger charge is 2.42. The summed E-state index contributed by atoms with van der Waals surface area (Å²) < 4.78 is 0. The Morgan fingerprint density at radius 3 is 2.57 bits per heavy atom. The van der Waals surface area contributed by atoms with E-state index in [0.29, 0.717) is 11.5 Å². The molecule has 2 aliphatic rings. The van der Waals surface area contributed by atoms with Crippen LogP contribution in [0.25, 0.3) is 0 Å². The number of carbonyl (C=O) groups is 1. The van der Waals surface area contributed by atoms with E-state index in [-0.39, 0.29) is 12.5 Å². The van der Waals surface area contributed by atoms with E-state index in [1.165, 1.54) is 12.8 Å². The van der Waals surface area contributed by atoms with Gasteiger partial charge in [-0.15, -0.1) is 0 Å². The number of aliphatic hydroxyl groups is 1. The van der Waals surface area contributed by atoms with Crippen LogP contribution in [0.5, 0.6) is 0 Å². The lowest BCUT2D eigenvalue weighted by Gasteiger charge is -2.31. The van der Waals surface area contributed by atoms with Gasteiger partial charge in [0.05, 0.1) is 17.7 Å². The minimum Gasteiger partial charge on any atom is -0.394 e. The van der Waals surface area contributed by atoms with Gasteiger partial charge in [-0.2, -0.15) is 0 Å². The summed E-state index contributed by atoms with van der Waals surface area (Å²) in [6.07, 6.45) is 6.18. The maximum atomic E-state index is 12.4. The van der Waals surface area contributed by atoms with Crippen LogP contribution in [0.3, 0.4) is 0 Å². The fourth-order valence-electron chi connectivity index (χ4n) is 3.27. The maximum absolute atomic E-state index is 12.4. The highest BCUT2D eigenvalue weighted by molar-refractivity contribution is 5.94. The van der Waals surface area contributed by atoms with Crippen molar-refractivity contribution in [2.75, 3.05) is 24.6 Å². The highest BCUT2D eigenvalue weighted by atomic mass is 16.3. The van der Waals surface area contributed by atoms with Crippen molar-refractivity contribution in [3.8, 4) is 0 Å². The lowest BCUT2D eigenvalue weighted by atomic mass is 9.96. The molecule has 2 fully saturated rings. The molecule has 2 N–H and O–H groups in total. The Morgan fingerprint density at radius 1 is 1.35 bits per heavy atom. The number of anilines is 1. The Morgan fingerprint density at radius 2 is 2.04 bits per heavy atom. The van der Waals surface area contributed by atoms with Crippen LogP contribution in [-0.4, -0.2) is 41.2 Å². The topological polar surface area (TPSA) is 65.5 Å². The smallest absolute Gasteiger partial charge is 0.253 e. The van der Waals surface area contributed by atoms with Crippen molar-refractivity contribution >= 4 is 11.7 Å². The van der Waals surface area contributed by atoms with Crippen molar-refractivity contribution in [3.05, 3.63) is 23.9 Å². The molecule has 0 spiro atoms. The van der Waals surface area contributed by atoms with Gasteiger partial charge in [0.15, 0.2) is 0 Å². The Kier molecular flexibility index (Phi) is 4.57. The normalized spacial score (nSPS) is 21.8. The second-order valence-electron chi connectivity index (χ2n) is 7.38. The van der Waals surface area contributed by atoms with E-state index in [1.807, 2.05) is 19.1 Å². The third-order valence-corrected chi connectivity index (χ3v) is 5.32. The van der Waals surface area contributed by atoms with Gasteiger partial charge >= 0.3 is 0 Å². The summed E-state index contributed by atoms with van der Waals surface area (Å²) >= 11 is 0. The molecular formula is C18H27N3O2. The van der Waals surface area contributed by atoms with Gasteiger partial charge in [-0.3, -0.25) is 4.79 Å². The number of hydrogen-bond acceptors (Lipinski definition) is 4.